The van der Waals surface area contributed by atoms with E-state index in [1.807, 2.05) is 51.1 Å². The zero-order valence-electron chi connectivity index (χ0n) is 20.1. The SMILES string of the molecule is CC(C)(C)C[C@H]1N[C@@H](C(=O)OC(C)(C)C)[C@H](c2cccc(Cl)c2)[C@@]1(C#N)c1ccc(Cl)cc1. The summed E-state index contributed by atoms with van der Waals surface area (Å²) in [6, 6.07) is 16.4. The minimum Gasteiger partial charge on any atom is -0.459 e. The molecule has 6 heteroatoms. The van der Waals surface area contributed by atoms with Gasteiger partial charge in [0.25, 0.3) is 0 Å². The van der Waals surface area contributed by atoms with Crippen LogP contribution in [0.15, 0.2) is 48.5 Å². The van der Waals surface area contributed by atoms with Gasteiger partial charge in [0.2, 0.25) is 0 Å². The molecule has 1 saturated heterocycles. The lowest BCUT2D eigenvalue weighted by atomic mass is 9.63. The summed E-state index contributed by atoms with van der Waals surface area (Å²) in [6.07, 6.45) is 0.680. The highest BCUT2D eigenvalue weighted by molar-refractivity contribution is 6.30. The van der Waals surface area contributed by atoms with E-state index in [4.69, 9.17) is 27.9 Å². The van der Waals surface area contributed by atoms with Crippen LogP contribution >= 0.6 is 23.2 Å². The van der Waals surface area contributed by atoms with E-state index < -0.39 is 23.0 Å². The van der Waals surface area contributed by atoms with Gasteiger partial charge in [-0.3, -0.25) is 10.1 Å². The molecule has 0 spiro atoms. The molecule has 0 unspecified atom stereocenters. The largest absolute Gasteiger partial charge is 0.459 e. The van der Waals surface area contributed by atoms with Crippen LogP contribution in [0.2, 0.25) is 10.0 Å². The van der Waals surface area contributed by atoms with E-state index in [2.05, 4.69) is 32.2 Å². The number of hydrogen-bond acceptors (Lipinski definition) is 4. The smallest absolute Gasteiger partial charge is 0.324 e. The van der Waals surface area contributed by atoms with Crippen LogP contribution in [0.3, 0.4) is 0 Å². The molecule has 1 aliphatic rings. The second kappa shape index (κ2) is 9.29. The number of nitrogens with one attached hydrogen (secondary N) is 1. The number of esters is 1. The first-order valence-electron chi connectivity index (χ1n) is 11.2. The van der Waals surface area contributed by atoms with Gasteiger partial charge in [0.15, 0.2) is 0 Å². The topological polar surface area (TPSA) is 62.1 Å². The molecular formula is C27H32Cl2N2O2. The quantitative estimate of drug-likeness (QED) is 0.490. The van der Waals surface area contributed by atoms with Crippen molar-refractivity contribution < 1.29 is 9.53 Å². The molecule has 0 radical (unpaired) electrons. The molecule has 0 amide bonds. The van der Waals surface area contributed by atoms with E-state index in [-0.39, 0.29) is 17.4 Å². The summed E-state index contributed by atoms with van der Waals surface area (Å²) < 4.78 is 5.81. The van der Waals surface area contributed by atoms with Gasteiger partial charge in [-0.15, -0.1) is 0 Å². The van der Waals surface area contributed by atoms with Crippen LogP contribution in [-0.2, 0) is 14.9 Å². The second-order valence-electron chi connectivity index (χ2n) is 11.0. The Bertz CT molecular complexity index is 1050. The minimum atomic E-state index is -1.04. The van der Waals surface area contributed by atoms with Crippen molar-refractivity contribution in [1.82, 2.24) is 5.32 Å². The standard InChI is InChI=1S/C27H32Cl2N2O2/c1-25(2,3)15-21-27(16-30,18-10-12-19(28)13-11-18)22(17-8-7-9-20(29)14-17)23(31-21)24(32)33-26(4,5)6/h7-14,21-23,31H,15H2,1-6H3/t21-,22+,23-,27+/m1/s1. The predicted molar refractivity (Wildman–Crippen MR) is 134 cm³/mol. The van der Waals surface area contributed by atoms with Crippen LogP contribution < -0.4 is 5.32 Å². The highest BCUT2D eigenvalue weighted by atomic mass is 35.5. The number of benzene rings is 2. The lowest BCUT2D eigenvalue weighted by Gasteiger charge is -2.37. The van der Waals surface area contributed by atoms with Crippen molar-refractivity contribution in [3.05, 3.63) is 69.7 Å². The predicted octanol–water partition coefficient (Wildman–Crippen LogP) is 6.66. The number of rotatable bonds is 4. The van der Waals surface area contributed by atoms with Crippen molar-refractivity contribution in [2.75, 3.05) is 0 Å². The maximum absolute atomic E-state index is 13.5. The lowest BCUT2D eigenvalue weighted by molar-refractivity contribution is -0.157. The molecule has 4 nitrogen and oxygen atoms in total. The Morgan fingerprint density at radius 2 is 1.70 bits per heavy atom. The second-order valence-corrected chi connectivity index (χ2v) is 11.9. The van der Waals surface area contributed by atoms with Crippen LogP contribution in [0.25, 0.3) is 0 Å². The lowest BCUT2D eigenvalue weighted by Crippen LogP contribution is -2.44. The van der Waals surface area contributed by atoms with Crippen LogP contribution in [0.4, 0.5) is 0 Å². The average molecular weight is 487 g/mol. The number of ether oxygens (including phenoxy) is 1. The molecule has 0 aromatic heterocycles. The zero-order chi connectivity index (χ0) is 24.6. The Morgan fingerprint density at radius 3 is 2.21 bits per heavy atom. The number of halogens is 2. The molecule has 33 heavy (non-hydrogen) atoms. The summed E-state index contributed by atoms with van der Waals surface area (Å²) >= 11 is 12.6. The van der Waals surface area contributed by atoms with E-state index in [0.29, 0.717) is 16.5 Å². The van der Waals surface area contributed by atoms with Crippen LogP contribution in [0, 0.1) is 16.7 Å². The summed E-state index contributed by atoms with van der Waals surface area (Å²) in [6.45, 7) is 11.9. The number of nitriles is 1. The number of nitrogens with zero attached hydrogens (tertiary/aromatic N) is 1. The zero-order valence-corrected chi connectivity index (χ0v) is 21.6. The van der Waals surface area contributed by atoms with Gasteiger partial charge in [0.1, 0.15) is 17.1 Å². The fourth-order valence-electron chi connectivity index (χ4n) is 4.80. The van der Waals surface area contributed by atoms with Gasteiger partial charge in [0, 0.05) is 22.0 Å². The van der Waals surface area contributed by atoms with Gasteiger partial charge in [-0.2, -0.15) is 5.26 Å². The number of hydrogen-bond donors (Lipinski definition) is 1. The van der Waals surface area contributed by atoms with Crippen LogP contribution in [0.1, 0.15) is 65.0 Å². The molecule has 4 atom stereocenters. The maximum atomic E-state index is 13.5. The van der Waals surface area contributed by atoms with E-state index >= 15 is 0 Å². The van der Waals surface area contributed by atoms with Crippen LogP contribution in [-0.4, -0.2) is 23.7 Å². The van der Waals surface area contributed by atoms with Gasteiger partial charge in [-0.05, 0) is 68.0 Å². The Labute approximate surface area is 207 Å². The van der Waals surface area contributed by atoms with Crippen molar-refractivity contribution in [3.8, 4) is 6.07 Å². The molecule has 1 fully saturated rings. The first-order chi connectivity index (χ1) is 15.3. The van der Waals surface area contributed by atoms with Gasteiger partial charge in [-0.25, -0.2) is 0 Å². The number of carbonyl (C=O) groups is 1. The monoisotopic (exact) mass is 486 g/mol. The summed E-state index contributed by atoms with van der Waals surface area (Å²) in [5.74, 6) is -0.887. The van der Waals surface area contributed by atoms with Gasteiger partial charge >= 0.3 is 5.97 Å². The van der Waals surface area contributed by atoms with Crippen molar-refractivity contribution in [3.63, 3.8) is 0 Å². The molecule has 0 saturated carbocycles. The van der Waals surface area contributed by atoms with E-state index in [1.165, 1.54) is 0 Å². The van der Waals surface area contributed by atoms with Crippen molar-refractivity contribution in [2.45, 2.75) is 77.0 Å². The Balaban J connectivity index is 2.27. The highest BCUT2D eigenvalue weighted by Crippen LogP contribution is 2.51. The number of carbonyl (C=O) groups excluding carboxylic acids is 1. The Morgan fingerprint density at radius 1 is 1.06 bits per heavy atom. The summed E-state index contributed by atoms with van der Waals surface area (Å²) in [7, 11) is 0. The van der Waals surface area contributed by atoms with Crippen LogP contribution in [0.5, 0.6) is 0 Å². The van der Waals surface area contributed by atoms with Gasteiger partial charge < -0.3 is 4.74 Å². The van der Waals surface area contributed by atoms with E-state index in [9.17, 15) is 10.1 Å². The fraction of sp³-hybridized carbons (Fsp3) is 0.481. The molecule has 1 heterocycles. The first kappa shape index (κ1) is 25.6. The highest BCUT2D eigenvalue weighted by Gasteiger charge is 2.60. The molecule has 2 aromatic rings. The molecule has 2 aromatic carbocycles. The third kappa shape index (κ3) is 5.54. The minimum absolute atomic E-state index is 0.0894. The maximum Gasteiger partial charge on any atom is 0.324 e. The van der Waals surface area contributed by atoms with E-state index in [1.54, 1.807) is 18.2 Å². The third-order valence-corrected chi connectivity index (χ3v) is 6.43. The summed E-state index contributed by atoms with van der Waals surface area (Å²) in [4.78, 5) is 13.5. The normalized spacial score (nSPS) is 25.5. The van der Waals surface area contributed by atoms with Crippen molar-refractivity contribution >= 4 is 29.2 Å². The van der Waals surface area contributed by atoms with Crippen molar-refractivity contribution in [1.29, 1.82) is 5.26 Å². The molecule has 176 valence electrons. The average Bonchev–Trinajstić information content (AvgIpc) is 3.00. The summed E-state index contributed by atoms with van der Waals surface area (Å²) in [5, 5.41) is 15.5. The molecular weight excluding hydrogens is 455 g/mol. The molecule has 3 rings (SSSR count). The Hall–Kier alpha value is -2.06. The van der Waals surface area contributed by atoms with Gasteiger partial charge in [0.05, 0.1) is 6.07 Å². The molecule has 1 aliphatic heterocycles. The summed E-state index contributed by atoms with van der Waals surface area (Å²) in [5.41, 5.74) is -0.154. The fourth-order valence-corrected chi connectivity index (χ4v) is 5.12. The molecule has 1 N–H and O–H groups in total. The molecule has 0 aliphatic carbocycles. The van der Waals surface area contributed by atoms with E-state index in [0.717, 1.165) is 11.1 Å². The molecule has 0 bridgehead atoms. The van der Waals surface area contributed by atoms with Gasteiger partial charge in [-0.1, -0.05) is 68.2 Å². The third-order valence-electron chi connectivity index (χ3n) is 5.95. The Kier molecular flexibility index (Phi) is 7.20. The first-order valence-corrected chi connectivity index (χ1v) is 11.9. The van der Waals surface area contributed by atoms with Crippen molar-refractivity contribution in [2.24, 2.45) is 5.41 Å².